The van der Waals surface area contributed by atoms with Crippen LogP contribution >= 0.6 is 0 Å². The van der Waals surface area contributed by atoms with Gasteiger partial charge in [-0.25, -0.2) is 4.79 Å². The Bertz CT molecular complexity index is 919. The van der Waals surface area contributed by atoms with Crippen molar-refractivity contribution in [3.8, 4) is 5.69 Å². The Balaban J connectivity index is 2.04. The maximum Gasteiger partial charge on any atom is 0.360 e. The van der Waals surface area contributed by atoms with Gasteiger partial charge in [0, 0.05) is 13.1 Å². The summed E-state index contributed by atoms with van der Waals surface area (Å²) in [6.45, 7) is 7.12. The van der Waals surface area contributed by atoms with Gasteiger partial charge in [-0.05, 0) is 43.5 Å². The minimum absolute atomic E-state index is 0.0383. The molecule has 0 aliphatic rings. The summed E-state index contributed by atoms with van der Waals surface area (Å²) in [5, 5.41) is 18.4. The Hall–Kier alpha value is -3.15. The number of anilines is 1. The highest BCUT2D eigenvalue weighted by Gasteiger charge is 2.23. The highest BCUT2D eigenvalue weighted by molar-refractivity contribution is 5.91. The second-order valence-electron chi connectivity index (χ2n) is 6.26. The van der Waals surface area contributed by atoms with Crippen molar-refractivity contribution in [2.75, 3.05) is 11.4 Å². The maximum absolute atomic E-state index is 11.7. The molecular weight excluding hydrogens is 328 g/mol. The molecule has 0 aliphatic carbocycles. The molecule has 26 heavy (non-hydrogen) atoms. The van der Waals surface area contributed by atoms with Crippen molar-refractivity contribution in [2.45, 2.75) is 27.3 Å². The van der Waals surface area contributed by atoms with E-state index >= 15 is 0 Å². The van der Waals surface area contributed by atoms with Gasteiger partial charge < -0.3 is 10.0 Å². The first-order valence-electron chi connectivity index (χ1n) is 8.56. The molecule has 0 amide bonds. The smallest absolute Gasteiger partial charge is 0.360 e. The van der Waals surface area contributed by atoms with Crippen LogP contribution in [0.2, 0.25) is 0 Å². The van der Waals surface area contributed by atoms with E-state index in [1.165, 1.54) is 4.80 Å². The van der Waals surface area contributed by atoms with E-state index in [1.807, 2.05) is 74.2 Å². The van der Waals surface area contributed by atoms with Crippen LogP contribution in [-0.4, -0.2) is 32.6 Å². The maximum atomic E-state index is 11.7. The summed E-state index contributed by atoms with van der Waals surface area (Å²) in [5.74, 6) is -0.701. The van der Waals surface area contributed by atoms with E-state index in [-0.39, 0.29) is 5.69 Å². The molecule has 0 unspecified atom stereocenters. The summed E-state index contributed by atoms with van der Waals surface area (Å²) in [5.41, 5.74) is 3.89. The van der Waals surface area contributed by atoms with Crippen molar-refractivity contribution in [1.82, 2.24) is 15.0 Å². The van der Waals surface area contributed by atoms with Gasteiger partial charge in [0.2, 0.25) is 5.69 Å². The minimum Gasteiger partial charge on any atom is -0.476 e. The minimum atomic E-state index is -1.08. The zero-order chi connectivity index (χ0) is 18.7. The predicted molar refractivity (Wildman–Crippen MR) is 101 cm³/mol. The van der Waals surface area contributed by atoms with Crippen LogP contribution in [0.5, 0.6) is 0 Å². The average molecular weight is 350 g/mol. The third-order valence-corrected chi connectivity index (χ3v) is 4.28. The fourth-order valence-electron chi connectivity index (χ4n) is 2.83. The Morgan fingerprint density at radius 1 is 1.12 bits per heavy atom. The molecule has 0 fully saturated rings. The summed E-state index contributed by atoms with van der Waals surface area (Å²) < 4.78 is 0. The molecule has 0 saturated carbocycles. The number of nitrogens with zero attached hydrogens (tertiary/aromatic N) is 4. The van der Waals surface area contributed by atoms with E-state index < -0.39 is 5.97 Å². The highest BCUT2D eigenvalue weighted by Crippen LogP contribution is 2.22. The van der Waals surface area contributed by atoms with Crippen molar-refractivity contribution in [3.05, 3.63) is 70.9 Å². The molecule has 6 heteroatoms. The van der Waals surface area contributed by atoms with Crippen LogP contribution in [0.25, 0.3) is 5.69 Å². The number of rotatable bonds is 6. The lowest BCUT2D eigenvalue weighted by molar-refractivity contribution is 0.0690. The molecule has 0 aliphatic heterocycles. The number of carboxylic acids is 1. The molecule has 0 bridgehead atoms. The number of aryl methyl sites for hydroxylation is 2. The SMILES string of the molecule is CCN(Cc1ccccc1)c1nn(-c2cc(C)ccc2C)nc1C(=O)O. The molecule has 0 spiro atoms. The molecule has 3 rings (SSSR count). The van der Waals surface area contributed by atoms with Crippen molar-refractivity contribution >= 4 is 11.8 Å². The number of aromatic carboxylic acids is 1. The van der Waals surface area contributed by atoms with Crippen molar-refractivity contribution < 1.29 is 9.90 Å². The van der Waals surface area contributed by atoms with Crippen LogP contribution in [0.4, 0.5) is 5.82 Å². The topological polar surface area (TPSA) is 71.2 Å². The Morgan fingerprint density at radius 3 is 2.50 bits per heavy atom. The first-order valence-corrected chi connectivity index (χ1v) is 8.56. The third-order valence-electron chi connectivity index (χ3n) is 4.28. The molecule has 134 valence electrons. The van der Waals surface area contributed by atoms with Crippen LogP contribution in [-0.2, 0) is 6.54 Å². The third kappa shape index (κ3) is 3.59. The van der Waals surface area contributed by atoms with Crippen LogP contribution in [0.1, 0.15) is 34.1 Å². The number of aromatic nitrogens is 3. The van der Waals surface area contributed by atoms with E-state index in [9.17, 15) is 9.90 Å². The van der Waals surface area contributed by atoms with E-state index in [1.54, 1.807) is 0 Å². The van der Waals surface area contributed by atoms with Gasteiger partial charge in [0.05, 0.1) is 5.69 Å². The van der Waals surface area contributed by atoms with Crippen molar-refractivity contribution in [3.63, 3.8) is 0 Å². The van der Waals surface area contributed by atoms with Crippen LogP contribution in [0.15, 0.2) is 48.5 Å². The quantitative estimate of drug-likeness (QED) is 0.735. The molecule has 2 aromatic carbocycles. The normalized spacial score (nSPS) is 10.7. The van der Waals surface area contributed by atoms with Crippen molar-refractivity contribution in [1.29, 1.82) is 0 Å². The van der Waals surface area contributed by atoms with E-state index in [2.05, 4.69) is 10.2 Å². The zero-order valence-corrected chi connectivity index (χ0v) is 15.2. The standard InChI is InChI=1S/C20H22N4O2/c1-4-23(13-16-8-6-5-7-9-16)19-18(20(25)26)21-24(22-19)17-12-14(2)10-11-15(17)3/h5-12H,4,13H2,1-3H3,(H,25,26). The van der Waals surface area contributed by atoms with E-state index in [0.29, 0.717) is 18.9 Å². The first-order chi connectivity index (χ1) is 12.5. The largest absolute Gasteiger partial charge is 0.476 e. The molecule has 0 saturated heterocycles. The molecule has 6 nitrogen and oxygen atoms in total. The molecule has 0 atom stereocenters. The van der Waals surface area contributed by atoms with Gasteiger partial charge in [0.15, 0.2) is 5.82 Å². The highest BCUT2D eigenvalue weighted by atomic mass is 16.4. The van der Waals surface area contributed by atoms with Gasteiger partial charge in [-0.2, -0.15) is 0 Å². The summed E-state index contributed by atoms with van der Waals surface area (Å²) in [7, 11) is 0. The molecular formula is C20H22N4O2. The van der Waals surface area contributed by atoms with Gasteiger partial charge in [0.25, 0.3) is 0 Å². The number of hydrogen-bond acceptors (Lipinski definition) is 4. The number of hydrogen-bond donors (Lipinski definition) is 1. The lowest BCUT2D eigenvalue weighted by atomic mass is 10.1. The second-order valence-corrected chi connectivity index (χ2v) is 6.26. The zero-order valence-electron chi connectivity index (χ0n) is 15.2. The van der Waals surface area contributed by atoms with Gasteiger partial charge >= 0.3 is 5.97 Å². The summed E-state index contributed by atoms with van der Waals surface area (Å²) >= 11 is 0. The van der Waals surface area contributed by atoms with Gasteiger partial charge in [-0.1, -0.05) is 42.5 Å². The van der Waals surface area contributed by atoms with Crippen LogP contribution < -0.4 is 4.90 Å². The average Bonchev–Trinajstić information content (AvgIpc) is 3.08. The summed E-state index contributed by atoms with van der Waals surface area (Å²) in [6, 6.07) is 15.9. The Kier molecular flexibility index (Phi) is 5.02. The Morgan fingerprint density at radius 2 is 1.85 bits per heavy atom. The predicted octanol–water partition coefficient (Wildman–Crippen LogP) is 3.61. The number of benzene rings is 2. The van der Waals surface area contributed by atoms with Crippen LogP contribution in [0, 0.1) is 13.8 Å². The fourth-order valence-corrected chi connectivity index (χ4v) is 2.83. The monoisotopic (exact) mass is 350 g/mol. The molecule has 3 aromatic rings. The molecule has 0 radical (unpaired) electrons. The van der Waals surface area contributed by atoms with Crippen LogP contribution in [0.3, 0.4) is 0 Å². The van der Waals surface area contributed by atoms with E-state index in [4.69, 9.17) is 0 Å². The summed E-state index contributed by atoms with van der Waals surface area (Å²) in [4.78, 5) is 15.1. The van der Waals surface area contributed by atoms with Gasteiger partial charge in [-0.3, -0.25) is 0 Å². The Labute approximate surface area is 152 Å². The summed E-state index contributed by atoms with van der Waals surface area (Å²) in [6.07, 6.45) is 0. The van der Waals surface area contributed by atoms with E-state index in [0.717, 1.165) is 22.4 Å². The second kappa shape index (κ2) is 7.39. The van der Waals surface area contributed by atoms with Gasteiger partial charge in [-0.15, -0.1) is 15.0 Å². The molecule has 1 N–H and O–H groups in total. The van der Waals surface area contributed by atoms with Crippen molar-refractivity contribution in [2.24, 2.45) is 0 Å². The number of carbonyl (C=O) groups is 1. The molecule has 1 aromatic heterocycles. The lowest BCUT2D eigenvalue weighted by Gasteiger charge is -2.20. The molecule has 1 heterocycles. The fraction of sp³-hybridized carbons (Fsp3) is 0.250. The first kappa shape index (κ1) is 17.7. The number of carboxylic acid groups (broad SMARTS) is 1. The van der Waals surface area contributed by atoms with Gasteiger partial charge in [0.1, 0.15) is 0 Å². The lowest BCUT2D eigenvalue weighted by Crippen LogP contribution is -2.24.